The zero-order valence-corrected chi connectivity index (χ0v) is 13.8. The summed E-state index contributed by atoms with van der Waals surface area (Å²) in [5.41, 5.74) is 1.54. The number of hydrogen-bond donors (Lipinski definition) is 1. The topological polar surface area (TPSA) is 71.3 Å². The minimum absolute atomic E-state index is 0.322. The highest BCUT2D eigenvalue weighted by Crippen LogP contribution is 2.18. The summed E-state index contributed by atoms with van der Waals surface area (Å²) in [7, 11) is 1.59. The first-order chi connectivity index (χ1) is 11.7. The second-order valence-corrected chi connectivity index (χ2v) is 5.18. The van der Waals surface area contributed by atoms with E-state index >= 15 is 0 Å². The number of benzene rings is 2. The first-order valence-electron chi connectivity index (χ1n) is 7.72. The van der Waals surface area contributed by atoms with Crippen LogP contribution in [0.2, 0.25) is 0 Å². The molecule has 0 saturated heterocycles. The summed E-state index contributed by atoms with van der Waals surface area (Å²) < 4.78 is 10.5. The minimum Gasteiger partial charge on any atom is -0.497 e. The Labute approximate surface area is 141 Å². The van der Waals surface area contributed by atoms with Crippen LogP contribution in [0.1, 0.15) is 12.5 Å². The van der Waals surface area contributed by atoms with Crippen LogP contribution in [-0.2, 0) is 11.2 Å². The maximum absolute atomic E-state index is 12.3. The maximum Gasteiger partial charge on any atom is 0.242 e. The molecule has 1 amide bonds. The molecule has 5 heteroatoms. The van der Waals surface area contributed by atoms with Crippen LogP contribution in [0.25, 0.3) is 0 Å². The average Bonchev–Trinajstić information content (AvgIpc) is 2.62. The smallest absolute Gasteiger partial charge is 0.242 e. The van der Waals surface area contributed by atoms with Crippen LogP contribution < -0.4 is 14.8 Å². The summed E-state index contributed by atoms with van der Waals surface area (Å²) in [5.74, 6) is 0.402. The maximum atomic E-state index is 12.3. The van der Waals surface area contributed by atoms with Crippen molar-refractivity contribution in [3.8, 4) is 17.6 Å². The molecule has 1 atom stereocenters. The molecule has 2 rings (SSSR count). The van der Waals surface area contributed by atoms with E-state index in [-0.39, 0.29) is 5.91 Å². The van der Waals surface area contributed by atoms with E-state index in [0.29, 0.717) is 18.7 Å². The molecule has 0 fully saturated rings. The summed E-state index contributed by atoms with van der Waals surface area (Å²) >= 11 is 0. The van der Waals surface area contributed by atoms with Gasteiger partial charge in [0.25, 0.3) is 0 Å². The van der Waals surface area contributed by atoms with Crippen LogP contribution in [0.15, 0.2) is 48.5 Å². The van der Waals surface area contributed by atoms with Crippen molar-refractivity contribution in [3.63, 3.8) is 0 Å². The first kappa shape index (κ1) is 17.4. The Morgan fingerprint density at radius 2 is 1.75 bits per heavy atom. The minimum atomic E-state index is -0.759. The van der Waals surface area contributed by atoms with E-state index in [4.69, 9.17) is 9.47 Å². The number of nitriles is 1. The Bertz CT molecular complexity index is 703. The van der Waals surface area contributed by atoms with Gasteiger partial charge in [0.05, 0.1) is 19.8 Å². The molecule has 2 aromatic carbocycles. The number of nitrogens with zero attached hydrogens (tertiary/aromatic N) is 1. The highest BCUT2D eigenvalue weighted by molar-refractivity contribution is 5.94. The Morgan fingerprint density at radius 1 is 1.12 bits per heavy atom. The molecule has 1 N–H and O–H groups in total. The molecule has 24 heavy (non-hydrogen) atoms. The van der Waals surface area contributed by atoms with Crippen LogP contribution in [0.5, 0.6) is 11.5 Å². The molecule has 0 aliphatic heterocycles. The molecule has 5 nitrogen and oxygen atoms in total. The summed E-state index contributed by atoms with van der Waals surface area (Å²) in [5, 5.41) is 12.1. The van der Waals surface area contributed by atoms with E-state index in [1.807, 2.05) is 31.2 Å². The number of ether oxygens (including phenoxy) is 2. The summed E-state index contributed by atoms with van der Waals surface area (Å²) in [6, 6.07) is 16.5. The molecular formula is C19H20N2O3. The summed E-state index contributed by atoms with van der Waals surface area (Å²) in [6.07, 6.45) is 0.351. The quantitative estimate of drug-likeness (QED) is 0.847. The van der Waals surface area contributed by atoms with E-state index in [9.17, 15) is 10.1 Å². The first-order valence-corrected chi connectivity index (χ1v) is 7.72. The van der Waals surface area contributed by atoms with Crippen LogP contribution in [0.3, 0.4) is 0 Å². The predicted molar refractivity (Wildman–Crippen MR) is 92.0 cm³/mol. The molecule has 2 aromatic rings. The van der Waals surface area contributed by atoms with Gasteiger partial charge < -0.3 is 14.8 Å². The van der Waals surface area contributed by atoms with Gasteiger partial charge in [-0.05, 0) is 55.3 Å². The Balaban J connectivity index is 1.98. The molecule has 0 heterocycles. The molecule has 0 spiro atoms. The van der Waals surface area contributed by atoms with Crippen molar-refractivity contribution in [2.75, 3.05) is 19.0 Å². The van der Waals surface area contributed by atoms with Gasteiger partial charge in [-0.1, -0.05) is 12.1 Å². The van der Waals surface area contributed by atoms with E-state index in [2.05, 4.69) is 11.4 Å². The normalized spacial score (nSPS) is 11.2. The van der Waals surface area contributed by atoms with Crippen molar-refractivity contribution in [3.05, 3.63) is 54.1 Å². The van der Waals surface area contributed by atoms with Gasteiger partial charge in [0.15, 0.2) is 0 Å². The van der Waals surface area contributed by atoms with Crippen molar-refractivity contribution in [2.24, 2.45) is 5.92 Å². The summed E-state index contributed by atoms with van der Waals surface area (Å²) in [6.45, 7) is 2.50. The third-order valence-electron chi connectivity index (χ3n) is 3.50. The van der Waals surface area contributed by atoms with E-state index in [1.165, 1.54) is 0 Å². The SMILES string of the molecule is CCOc1ccc(NC(=O)C(C#N)Cc2ccc(OC)cc2)cc1. The fraction of sp³-hybridized carbons (Fsp3) is 0.263. The van der Waals surface area contributed by atoms with Gasteiger partial charge in [-0.15, -0.1) is 0 Å². The molecule has 124 valence electrons. The molecule has 1 unspecified atom stereocenters. The fourth-order valence-electron chi connectivity index (χ4n) is 2.22. The van der Waals surface area contributed by atoms with Crippen molar-refractivity contribution < 1.29 is 14.3 Å². The van der Waals surface area contributed by atoms with Crippen LogP contribution in [-0.4, -0.2) is 19.6 Å². The van der Waals surface area contributed by atoms with Crippen molar-refractivity contribution in [1.82, 2.24) is 0 Å². The molecule has 0 aliphatic rings. The highest BCUT2D eigenvalue weighted by Gasteiger charge is 2.18. The van der Waals surface area contributed by atoms with E-state index in [0.717, 1.165) is 17.1 Å². The number of carbonyl (C=O) groups excluding carboxylic acids is 1. The fourth-order valence-corrected chi connectivity index (χ4v) is 2.22. The standard InChI is InChI=1S/C19H20N2O3/c1-3-24-18-10-6-16(7-11-18)21-19(22)15(13-20)12-14-4-8-17(23-2)9-5-14/h4-11,15H,3,12H2,1-2H3,(H,21,22). The molecule has 0 saturated carbocycles. The second-order valence-electron chi connectivity index (χ2n) is 5.18. The van der Waals surface area contributed by atoms with Crippen molar-refractivity contribution in [2.45, 2.75) is 13.3 Å². The lowest BCUT2D eigenvalue weighted by Crippen LogP contribution is -2.23. The largest absolute Gasteiger partial charge is 0.497 e. The zero-order chi connectivity index (χ0) is 17.4. The van der Waals surface area contributed by atoms with Gasteiger partial charge in [-0.25, -0.2) is 0 Å². The number of amides is 1. The Kier molecular flexibility index (Phi) is 6.21. The van der Waals surface area contributed by atoms with Gasteiger partial charge in [0.1, 0.15) is 17.4 Å². The van der Waals surface area contributed by atoms with Gasteiger partial charge in [-0.3, -0.25) is 4.79 Å². The number of rotatable bonds is 7. The number of hydrogen-bond acceptors (Lipinski definition) is 4. The zero-order valence-electron chi connectivity index (χ0n) is 13.8. The Hall–Kier alpha value is -3.00. The monoisotopic (exact) mass is 324 g/mol. The molecular weight excluding hydrogens is 304 g/mol. The third kappa shape index (κ3) is 4.75. The number of anilines is 1. The molecule has 0 aliphatic carbocycles. The van der Waals surface area contributed by atoms with Crippen LogP contribution in [0.4, 0.5) is 5.69 Å². The van der Waals surface area contributed by atoms with Gasteiger partial charge >= 0.3 is 0 Å². The van der Waals surface area contributed by atoms with Gasteiger partial charge in [-0.2, -0.15) is 5.26 Å². The predicted octanol–water partition coefficient (Wildman–Crippen LogP) is 3.41. The third-order valence-corrected chi connectivity index (χ3v) is 3.50. The van der Waals surface area contributed by atoms with Crippen LogP contribution in [0, 0.1) is 17.2 Å². The van der Waals surface area contributed by atoms with Crippen molar-refractivity contribution in [1.29, 1.82) is 5.26 Å². The number of carbonyl (C=O) groups is 1. The van der Waals surface area contributed by atoms with E-state index < -0.39 is 5.92 Å². The van der Waals surface area contributed by atoms with Crippen LogP contribution >= 0.6 is 0 Å². The highest BCUT2D eigenvalue weighted by atomic mass is 16.5. The average molecular weight is 324 g/mol. The second kappa shape index (κ2) is 8.59. The Morgan fingerprint density at radius 3 is 2.29 bits per heavy atom. The molecule has 0 radical (unpaired) electrons. The lowest BCUT2D eigenvalue weighted by atomic mass is 9.99. The van der Waals surface area contributed by atoms with Gasteiger partial charge in [0, 0.05) is 5.69 Å². The summed E-state index contributed by atoms with van der Waals surface area (Å²) in [4.78, 5) is 12.3. The lowest BCUT2D eigenvalue weighted by Gasteiger charge is -2.11. The number of methoxy groups -OCH3 is 1. The molecule has 0 aromatic heterocycles. The lowest BCUT2D eigenvalue weighted by molar-refractivity contribution is -0.118. The van der Waals surface area contributed by atoms with Gasteiger partial charge in [0.2, 0.25) is 5.91 Å². The van der Waals surface area contributed by atoms with E-state index in [1.54, 1.807) is 31.4 Å². The number of nitrogens with one attached hydrogen (secondary N) is 1. The van der Waals surface area contributed by atoms with Crippen molar-refractivity contribution >= 4 is 11.6 Å². The molecule has 0 bridgehead atoms.